The number of nitrogens with zero attached hydrogens (tertiary/aromatic N) is 1. The van der Waals surface area contributed by atoms with Gasteiger partial charge in [-0.3, -0.25) is 0 Å². The molecule has 0 bridgehead atoms. The lowest BCUT2D eigenvalue weighted by Crippen LogP contribution is -2.13. The molecule has 19 heavy (non-hydrogen) atoms. The standard InChI is InChI=1S/C12H12N4O2S/c13-7-1-2-10-3-5-11(6-4-10)19(17,18)16-12-14-8-9-15-12/h3-6,8-9H,7,13H2,(H2,14,15,16). The SMILES string of the molecule is NCC#Cc1ccc(S(=O)(=O)Nc2ncc[nH]2)cc1. The van der Waals surface area contributed by atoms with Crippen molar-refractivity contribution >= 4 is 16.0 Å². The second-order valence-corrected chi connectivity index (χ2v) is 5.26. The molecular formula is C12H12N4O2S. The lowest BCUT2D eigenvalue weighted by molar-refractivity contribution is 0.601. The monoisotopic (exact) mass is 276 g/mol. The first-order chi connectivity index (χ1) is 9.12. The Labute approximate surface area is 111 Å². The van der Waals surface area contributed by atoms with Gasteiger partial charge >= 0.3 is 0 Å². The van der Waals surface area contributed by atoms with E-state index in [9.17, 15) is 8.42 Å². The number of sulfonamides is 1. The molecule has 7 heteroatoms. The summed E-state index contributed by atoms with van der Waals surface area (Å²) in [5.41, 5.74) is 5.97. The lowest BCUT2D eigenvalue weighted by atomic mass is 10.2. The zero-order valence-electron chi connectivity index (χ0n) is 9.92. The molecule has 4 N–H and O–H groups in total. The third-order valence-electron chi connectivity index (χ3n) is 2.23. The summed E-state index contributed by atoms with van der Waals surface area (Å²) in [4.78, 5) is 6.61. The van der Waals surface area contributed by atoms with Gasteiger partial charge < -0.3 is 10.7 Å². The van der Waals surface area contributed by atoms with E-state index in [1.165, 1.54) is 24.5 Å². The van der Waals surface area contributed by atoms with Crippen LogP contribution in [0, 0.1) is 11.8 Å². The van der Waals surface area contributed by atoms with E-state index in [1.807, 2.05) is 0 Å². The maximum atomic E-state index is 12.0. The van der Waals surface area contributed by atoms with Gasteiger partial charge in [-0.05, 0) is 24.3 Å². The minimum atomic E-state index is -3.64. The highest BCUT2D eigenvalue weighted by atomic mass is 32.2. The van der Waals surface area contributed by atoms with Crippen LogP contribution in [-0.2, 0) is 10.0 Å². The molecule has 0 saturated carbocycles. The predicted molar refractivity (Wildman–Crippen MR) is 71.8 cm³/mol. The van der Waals surface area contributed by atoms with Gasteiger partial charge in [0.1, 0.15) is 0 Å². The van der Waals surface area contributed by atoms with Crippen LogP contribution in [0.1, 0.15) is 5.56 Å². The van der Waals surface area contributed by atoms with Gasteiger partial charge in [0.25, 0.3) is 10.0 Å². The Morgan fingerprint density at radius 2 is 2.05 bits per heavy atom. The molecule has 1 heterocycles. The molecule has 0 saturated heterocycles. The summed E-state index contributed by atoms with van der Waals surface area (Å²) in [5, 5.41) is 0. The lowest BCUT2D eigenvalue weighted by Gasteiger charge is -2.05. The number of aromatic amines is 1. The second kappa shape index (κ2) is 5.56. The van der Waals surface area contributed by atoms with Crippen LogP contribution in [0.2, 0.25) is 0 Å². The van der Waals surface area contributed by atoms with E-state index in [0.717, 1.165) is 0 Å². The molecule has 0 amide bonds. The van der Waals surface area contributed by atoms with E-state index in [-0.39, 0.29) is 17.4 Å². The molecule has 0 aliphatic carbocycles. The molecule has 6 nitrogen and oxygen atoms in total. The van der Waals surface area contributed by atoms with E-state index in [1.54, 1.807) is 12.1 Å². The van der Waals surface area contributed by atoms with E-state index in [2.05, 4.69) is 26.5 Å². The summed E-state index contributed by atoms with van der Waals surface area (Å²) in [6.07, 6.45) is 2.99. The molecule has 0 radical (unpaired) electrons. The second-order valence-electron chi connectivity index (χ2n) is 3.57. The number of nitrogens with two attached hydrogens (primary N) is 1. The smallest absolute Gasteiger partial charge is 0.264 e. The van der Waals surface area contributed by atoms with Crippen molar-refractivity contribution in [2.45, 2.75) is 4.90 Å². The van der Waals surface area contributed by atoms with Crippen LogP contribution < -0.4 is 10.5 Å². The van der Waals surface area contributed by atoms with Gasteiger partial charge in [0, 0.05) is 18.0 Å². The number of nitrogens with one attached hydrogen (secondary N) is 2. The summed E-state index contributed by atoms with van der Waals surface area (Å²) < 4.78 is 26.3. The fourth-order valence-corrected chi connectivity index (χ4v) is 2.36. The molecule has 0 aliphatic heterocycles. The van der Waals surface area contributed by atoms with Gasteiger partial charge in [0.05, 0.1) is 11.4 Å². The first-order valence-electron chi connectivity index (χ1n) is 5.43. The fraction of sp³-hybridized carbons (Fsp3) is 0.0833. The Hall–Kier alpha value is -2.30. The molecule has 98 valence electrons. The van der Waals surface area contributed by atoms with Crippen LogP contribution in [0.15, 0.2) is 41.6 Å². The molecule has 0 spiro atoms. The van der Waals surface area contributed by atoms with Gasteiger partial charge in [0.2, 0.25) is 5.95 Å². The van der Waals surface area contributed by atoms with Crippen LogP contribution in [0.25, 0.3) is 0 Å². The van der Waals surface area contributed by atoms with Crippen molar-refractivity contribution in [3.05, 3.63) is 42.2 Å². The minimum absolute atomic E-state index is 0.141. The van der Waals surface area contributed by atoms with Gasteiger partial charge in [-0.25, -0.2) is 18.1 Å². The van der Waals surface area contributed by atoms with Crippen LogP contribution in [0.5, 0.6) is 0 Å². The van der Waals surface area contributed by atoms with E-state index in [4.69, 9.17) is 5.73 Å². The van der Waals surface area contributed by atoms with Crippen molar-refractivity contribution in [1.82, 2.24) is 9.97 Å². The van der Waals surface area contributed by atoms with Gasteiger partial charge in [0.15, 0.2) is 0 Å². The highest BCUT2D eigenvalue weighted by Gasteiger charge is 2.14. The van der Waals surface area contributed by atoms with Crippen molar-refractivity contribution in [2.24, 2.45) is 5.73 Å². The number of hydrogen-bond donors (Lipinski definition) is 3. The number of H-pyrrole nitrogens is 1. The minimum Gasteiger partial charge on any atom is -0.330 e. The molecule has 0 fully saturated rings. The van der Waals surface area contributed by atoms with Crippen molar-refractivity contribution in [3.8, 4) is 11.8 Å². The largest absolute Gasteiger partial charge is 0.330 e. The first kappa shape index (κ1) is 13.1. The molecule has 1 aromatic carbocycles. The number of benzene rings is 1. The Morgan fingerprint density at radius 3 is 2.63 bits per heavy atom. The van der Waals surface area contributed by atoms with Crippen LogP contribution in [0.4, 0.5) is 5.95 Å². The fourth-order valence-electron chi connectivity index (χ4n) is 1.38. The van der Waals surface area contributed by atoms with E-state index >= 15 is 0 Å². The van der Waals surface area contributed by atoms with Gasteiger partial charge in [-0.1, -0.05) is 11.8 Å². The molecule has 0 atom stereocenters. The van der Waals surface area contributed by atoms with E-state index in [0.29, 0.717) is 5.56 Å². The van der Waals surface area contributed by atoms with E-state index < -0.39 is 10.0 Å². The molecule has 1 aromatic heterocycles. The summed E-state index contributed by atoms with van der Waals surface area (Å²) in [6.45, 7) is 0.264. The van der Waals surface area contributed by atoms with Crippen molar-refractivity contribution < 1.29 is 8.42 Å². The molecular weight excluding hydrogens is 264 g/mol. The predicted octanol–water partition coefficient (Wildman–Crippen LogP) is 0.521. The number of anilines is 1. The Balaban J connectivity index is 2.21. The maximum Gasteiger partial charge on any atom is 0.264 e. The molecule has 2 rings (SSSR count). The molecule has 2 aromatic rings. The Kier molecular flexibility index (Phi) is 3.85. The Morgan fingerprint density at radius 1 is 1.32 bits per heavy atom. The zero-order valence-corrected chi connectivity index (χ0v) is 10.7. The quantitative estimate of drug-likeness (QED) is 0.711. The summed E-state index contributed by atoms with van der Waals surface area (Å²) >= 11 is 0. The highest BCUT2D eigenvalue weighted by molar-refractivity contribution is 7.92. The number of aromatic nitrogens is 2. The van der Waals surface area contributed by atoms with Crippen molar-refractivity contribution in [1.29, 1.82) is 0 Å². The molecule has 0 unspecified atom stereocenters. The highest BCUT2D eigenvalue weighted by Crippen LogP contribution is 2.13. The zero-order chi connectivity index (χ0) is 13.7. The third kappa shape index (κ3) is 3.34. The number of hydrogen-bond acceptors (Lipinski definition) is 4. The normalized spacial score (nSPS) is 10.6. The van der Waals surface area contributed by atoms with Crippen LogP contribution in [0.3, 0.4) is 0 Å². The van der Waals surface area contributed by atoms with Crippen molar-refractivity contribution in [2.75, 3.05) is 11.3 Å². The van der Waals surface area contributed by atoms with Crippen LogP contribution >= 0.6 is 0 Å². The van der Waals surface area contributed by atoms with Gasteiger partial charge in [-0.2, -0.15) is 0 Å². The summed E-state index contributed by atoms with van der Waals surface area (Å²) in [7, 11) is -3.64. The third-order valence-corrected chi connectivity index (χ3v) is 3.58. The number of rotatable bonds is 3. The average molecular weight is 276 g/mol. The Bertz CT molecular complexity index is 694. The number of imidazole rings is 1. The van der Waals surface area contributed by atoms with Crippen molar-refractivity contribution in [3.63, 3.8) is 0 Å². The first-order valence-corrected chi connectivity index (χ1v) is 6.91. The topological polar surface area (TPSA) is 101 Å². The molecule has 0 aliphatic rings. The van der Waals surface area contributed by atoms with Crippen LogP contribution in [-0.4, -0.2) is 24.9 Å². The summed E-state index contributed by atoms with van der Waals surface area (Å²) in [5.74, 6) is 5.69. The maximum absolute atomic E-state index is 12.0. The summed E-state index contributed by atoms with van der Waals surface area (Å²) in [6, 6.07) is 6.20. The van der Waals surface area contributed by atoms with Gasteiger partial charge in [-0.15, -0.1) is 0 Å². The average Bonchev–Trinajstić information content (AvgIpc) is 2.89.